The van der Waals surface area contributed by atoms with Gasteiger partial charge in [0.25, 0.3) is 0 Å². The van der Waals surface area contributed by atoms with Crippen molar-refractivity contribution in [2.75, 3.05) is 6.54 Å². The topological polar surface area (TPSA) is 70.2 Å². The Labute approximate surface area is 147 Å². The lowest BCUT2D eigenvalue weighted by atomic mass is 10.1. The molecule has 0 aromatic heterocycles. The molecule has 0 spiro atoms. The molecular weight excluding hydrogens is 446 g/mol. The summed E-state index contributed by atoms with van der Waals surface area (Å²) in [5.41, 5.74) is -0.442. The highest BCUT2D eigenvalue weighted by Gasteiger charge is 2.30. The second kappa shape index (κ2) is 9.33. The van der Waals surface area contributed by atoms with Crippen LogP contribution in [0.5, 0.6) is 0 Å². The number of amides is 2. The first-order valence-electron chi connectivity index (χ1n) is 6.47. The van der Waals surface area contributed by atoms with Crippen molar-refractivity contribution in [1.29, 1.82) is 0 Å². The number of benzene rings is 1. The van der Waals surface area contributed by atoms with E-state index in [-0.39, 0.29) is 19.0 Å². The zero-order chi connectivity index (χ0) is 17.5. The number of halogens is 4. The van der Waals surface area contributed by atoms with Crippen molar-refractivity contribution in [2.45, 2.75) is 25.7 Å². The van der Waals surface area contributed by atoms with E-state index in [0.29, 0.717) is 5.56 Å². The molecule has 128 valence electrons. The maximum atomic E-state index is 12.6. The van der Waals surface area contributed by atoms with Crippen LogP contribution in [-0.2, 0) is 22.3 Å². The normalized spacial score (nSPS) is 12.6. The molecule has 23 heavy (non-hydrogen) atoms. The molecule has 0 bridgehead atoms. The minimum Gasteiger partial charge on any atom is -0.350 e. The monoisotopic (exact) mass is 461 g/mol. The summed E-state index contributed by atoms with van der Waals surface area (Å²) in [6.07, 6.45) is -4.43. The van der Waals surface area contributed by atoms with Gasteiger partial charge in [-0.1, -0.05) is 12.1 Å². The van der Waals surface area contributed by atoms with Crippen molar-refractivity contribution in [3.05, 3.63) is 35.4 Å². The third kappa shape index (κ3) is 7.40. The van der Waals surface area contributed by atoms with E-state index >= 15 is 0 Å². The Hall–Kier alpha value is -1.01. The van der Waals surface area contributed by atoms with Gasteiger partial charge in [-0.2, -0.15) is 13.2 Å². The lowest BCUT2D eigenvalue weighted by molar-refractivity contribution is -0.137. The van der Waals surface area contributed by atoms with E-state index in [1.807, 2.05) is 21.2 Å². The van der Waals surface area contributed by atoms with E-state index in [0.717, 1.165) is 12.1 Å². The molecule has 5 nitrogen and oxygen atoms in total. The third-order valence-corrected chi connectivity index (χ3v) is 3.97. The second-order valence-corrected chi connectivity index (χ2v) is 6.37. The van der Waals surface area contributed by atoms with Gasteiger partial charge in [0.05, 0.1) is 12.1 Å². The van der Waals surface area contributed by atoms with Crippen LogP contribution in [0, 0.1) is 0 Å². The fourth-order valence-corrected chi connectivity index (χ4v) is 2.30. The van der Waals surface area contributed by atoms with Gasteiger partial charge in [0.15, 0.2) is 0 Å². The molecule has 1 unspecified atom stereocenters. The van der Waals surface area contributed by atoms with Crippen LogP contribution in [0.2, 0.25) is 0 Å². The molecule has 1 atom stereocenters. The van der Waals surface area contributed by atoms with E-state index < -0.39 is 23.7 Å². The molecule has 0 heterocycles. The smallest absolute Gasteiger partial charge is 0.350 e. The molecule has 1 aromatic carbocycles. The molecule has 0 aliphatic carbocycles. The Morgan fingerprint density at radius 3 is 2.65 bits per heavy atom. The number of rotatable bonds is 7. The Kier molecular flexibility index (Phi) is 8.12. The molecule has 10 heteroatoms. The summed E-state index contributed by atoms with van der Waals surface area (Å²) in [4.78, 5) is 23.3. The molecular formula is C13H15F3IN3O2S. The van der Waals surface area contributed by atoms with E-state index in [4.69, 9.17) is 0 Å². The van der Waals surface area contributed by atoms with E-state index in [1.165, 1.54) is 28.2 Å². The third-order valence-electron chi connectivity index (χ3n) is 2.78. The van der Waals surface area contributed by atoms with Crippen LogP contribution in [0.1, 0.15) is 18.1 Å². The fraction of sp³-hybridized carbons (Fsp3) is 0.385. The summed E-state index contributed by atoms with van der Waals surface area (Å²) in [6, 6.07) is 3.93. The van der Waals surface area contributed by atoms with Crippen LogP contribution in [-0.4, -0.2) is 24.4 Å². The SMILES string of the molecule is CC(NC(=O)CNSI)C(=O)NCc1cccc(C(F)(F)F)c1. The molecule has 3 N–H and O–H groups in total. The van der Waals surface area contributed by atoms with Gasteiger partial charge < -0.3 is 10.6 Å². The molecule has 2 amide bonds. The molecule has 0 fully saturated rings. The maximum Gasteiger partial charge on any atom is 0.416 e. The van der Waals surface area contributed by atoms with E-state index in [2.05, 4.69) is 15.4 Å². The minimum absolute atomic E-state index is 0.0508. The van der Waals surface area contributed by atoms with Gasteiger partial charge in [-0.15, -0.1) is 0 Å². The minimum atomic E-state index is -4.43. The lowest BCUT2D eigenvalue weighted by Crippen LogP contribution is -2.46. The van der Waals surface area contributed by atoms with Crippen LogP contribution in [0.15, 0.2) is 24.3 Å². The Morgan fingerprint density at radius 1 is 1.35 bits per heavy atom. The van der Waals surface area contributed by atoms with Gasteiger partial charge in [-0.05, 0) is 33.7 Å². The summed E-state index contributed by atoms with van der Waals surface area (Å²) < 4.78 is 40.5. The van der Waals surface area contributed by atoms with Gasteiger partial charge in [0.1, 0.15) is 6.04 Å². The van der Waals surface area contributed by atoms with Gasteiger partial charge in [0, 0.05) is 27.8 Å². The molecule has 0 radical (unpaired) electrons. The van der Waals surface area contributed by atoms with Crippen molar-refractivity contribution in [2.24, 2.45) is 0 Å². The number of carbonyl (C=O) groups is 2. The largest absolute Gasteiger partial charge is 0.416 e. The predicted molar refractivity (Wildman–Crippen MR) is 90.5 cm³/mol. The number of carbonyl (C=O) groups excluding carboxylic acids is 2. The summed E-state index contributed by atoms with van der Waals surface area (Å²) >= 11 is 1.96. The van der Waals surface area contributed by atoms with Crippen molar-refractivity contribution < 1.29 is 22.8 Å². The highest BCUT2D eigenvalue weighted by atomic mass is 127. The maximum absolute atomic E-state index is 12.6. The lowest BCUT2D eigenvalue weighted by Gasteiger charge is -2.14. The van der Waals surface area contributed by atoms with Gasteiger partial charge >= 0.3 is 6.18 Å². The summed E-state index contributed by atoms with van der Waals surface area (Å²) in [5, 5.41) is 4.97. The van der Waals surface area contributed by atoms with E-state index in [1.54, 1.807) is 0 Å². The molecule has 0 aliphatic heterocycles. The Morgan fingerprint density at radius 2 is 2.04 bits per heavy atom. The average Bonchev–Trinajstić information content (AvgIpc) is 2.50. The zero-order valence-electron chi connectivity index (χ0n) is 12.0. The van der Waals surface area contributed by atoms with E-state index in [9.17, 15) is 22.8 Å². The van der Waals surface area contributed by atoms with Gasteiger partial charge in [-0.25, -0.2) is 4.72 Å². The van der Waals surface area contributed by atoms with Crippen molar-refractivity contribution in [3.8, 4) is 0 Å². The number of hydrogen-bond donors (Lipinski definition) is 3. The summed E-state index contributed by atoms with van der Waals surface area (Å²) in [6.45, 7) is 1.50. The Bertz CT molecular complexity index is 558. The molecule has 1 rings (SSSR count). The predicted octanol–water partition coefficient (Wildman–Crippen LogP) is 2.41. The first-order valence-corrected chi connectivity index (χ1v) is 9.83. The highest BCUT2D eigenvalue weighted by Crippen LogP contribution is 2.29. The quantitative estimate of drug-likeness (QED) is 0.431. The molecule has 0 aliphatic rings. The fourth-order valence-electron chi connectivity index (χ4n) is 1.65. The zero-order valence-corrected chi connectivity index (χ0v) is 15.0. The van der Waals surface area contributed by atoms with Crippen molar-refractivity contribution >= 4 is 42.1 Å². The first-order chi connectivity index (χ1) is 10.7. The van der Waals surface area contributed by atoms with Crippen LogP contribution in [0.3, 0.4) is 0 Å². The van der Waals surface area contributed by atoms with Crippen molar-refractivity contribution in [3.63, 3.8) is 0 Å². The van der Waals surface area contributed by atoms with Crippen LogP contribution in [0.25, 0.3) is 0 Å². The van der Waals surface area contributed by atoms with Crippen LogP contribution >= 0.6 is 30.3 Å². The number of nitrogens with one attached hydrogen (secondary N) is 3. The summed E-state index contributed by atoms with van der Waals surface area (Å²) in [5.74, 6) is -0.825. The van der Waals surface area contributed by atoms with Crippen LogP contribution in [0.4, 0.5) is 13.2 Å². The molecule has 0 saturated carbocycles. The highest BCUT2D eigenvalue weighted by molar-refractivity contribution is 14.2. The first kappa shape index (κ1) is 20.0. The number of alkyl halides is 3. The van der Waals surface area contributed by atoms with Crippen molar-refractivity contribution in [1.82, 2.24) is 15.4 Å². The summed E-state index contributed by atoms with van der Waals surface area (Å²) in [7, 11) is 1.24. The Balaban J connectivity index is 2.51. The second-order valence-electron chi connectivity index (χ2n) is 4.60. The number of hydrogen-bond acceptors (Lipinski definition) is 4. The molecule has 0 saturated heterocycles. The standard InChI is InChI=1S/C13H15F3IN3O2S/c1-8(20-11(21)7-19-23-17)12(22)18-6-9-3-2-4-10(5-9)13(14,15)16/h2-5,8,19H,6-7H2,1H3,(H,18,22)(H,20,21). The van der Waals surface area contributed by atoms with Gasteiger partial charge in [-0.3, -0.25) is 9.59 Å². The average molecular weight is 461 g/mol. The molecule has 1 aromatic rings. The van der Waals surface area contributed by atoms with Gasteiger partial charge in [0.2, 0.25) is 11.8 Å². The van der Waals surface area contributed by atoms with Crippen LogP contribution < -0.4 is 15.4 Å².